The van der Waals surface area contributed by atoms with E-state index in [1.165, 1.54) is 27.8 Å². The van der Waals surface area contributed by atoms with Gasteiger partial charge < -0.3 is 15.0 Å². The number of halogens is 5. The molecule has 9 nitrogen and oxygen atoms in total. The van der Waals surface area contributed by atoms with Gasteiger partial charge in [-0.25, -0.2) is 19.3 Å². The van der Waals surface area contributed by atoms with Crippen LogP contribution in [0, 0.1) is 0 Å². The lowest BCUT2D eigenvalue weighted by molar-refractivity contribution is -0.137. The van der Waals surface area contributed by atoms with Gasteiger partial charge in [-0.2, -0.15) is 13.2 Å². The summed E-state index contributed by atoms with van der Waals surface area (Å²) in [6.07, 6.45) is -3.41. The fourth-order valence-corrected chi connectivity index (χ4v) is 4.92. The number of carbonyl (C=O) groups is 2. The predicted octanol–water partition coefficient (Wildman–Crippen LogP) is 5.54. The second-order valence-electron chi connectivity index (χ2n) is 9.73. The maximum atomic E-state index is 13.8. The van der Waals surface area contributed by atoms with Gasteiger partial charge in [0.25, 0.3) is 11.5 Å². The largest absolute Gasteiger partial charge is 0.462 e. The number of fused-ring (bicyclic) bond motifs is 1. The number of carbonyl (C=O) groups excluding carboxylic acids is 2. The summed E-state index contributed by atoms with van der Waals surface area (Å²) in [6, 6.07) is 3.59. The maximum absolute atomic E-state index is 13.8. The van der Waals surface area contributed by atoms with Crippen molar-refractivity contribution in [2.24, 2.45) is 0 Å². The van der Waals surface area contributed by atoms with Gasteiger partial charge in [-0.05, 0) is 58.4 Å². The van der Waals surface area contributed by atoms with Crippen LogP contribution in [0.15, 0.2) is 35.3 Å². The minimum Gasteiger partial charge on any atom is -0.462 e. The summed E-state index contributed by atoms with van der Waals surface area (Å²) in [4.78, 5) is 49.5. The zero-order valence-corrected chi connectivity index (χ0v) is 24.0. The van der Waals surface area contributed by atoms with Gasteiger partial charge in [-0.1, -0.05) is 23.2 Å². The predicted molar refractivity (Wildman–Crippen MR) is 147 cm³/mol. The number of esters is 1. The minimum atomic E-state index is -4.73. The van der Waals surface area contributed by atoms with Crippen molar-refractivity contribution < 1.29 is 27.5 Å². The number of alkyl halides is 3. The number of hydrogen-bond acceptors (Lipinski definition) is 7. The number of aromatic nitrogens is 3. The van der Waals surface area contributed by atoms with E-state index in [1.54, 1.807) is 13.8 Å². The van der Waals surface area contributed by atoms with E-state index >= 15 is 0 Å². The topological polar surface area (TPSA) is 106 Å². The van der Waals surface area contributed by atoms with E-state index in [0.717, 1.165) is 12.1 Å². The Balaban J connectivity index is 1.77. The summed E-state index contributed by atoms with van der Waals surface area (Å²) >= 11 is 12.2. The summed E-state index contributed by atoms with van der Waals surface area (Å²) < 4.78 is 46.4. The van der Waals surface area contributed by atoms with Crippen molar-refractivity contribution in [3.05, 3.63) is 78.8 Å². The van der Waals surface area contributed by atoms with Crippen LogP contribution in [0.25, 0.3) is 5.82 Å². The van der Waals surface area contributed by atoms with Gasteiger partial charge in [-0.3, -0.25) is 9.59 Å². The van der Waals surface area contributed by atoms with Crippen molar-refractivity contribution in [2.75, 3.05) is 11.9 Å². The molecule has 4 rings (SSSR count). The monoisotopic (exact) mass is 611 g/mol. The molecular formula is C27H26Cl2F3N5O4. The zero-order chi connectivity index (χ0) is 30.2. The van der Waals surface area contributed by atoms with Crippen LogP contribution in [-0.2, 0) is 23.9 Å². The SMILES string of the molecule is CCOC(=O)c1cnc(-n2c(NC(C)C)nc3c(c2=O)C[C@@H](C)N(C(=O)c2ccc(Cl)c(C(F)(F)F)c2)C3)c(Cl)c1. The Morgan fingerprint density at radius 3 is 2.49 bits per heavy atom. The molecule has 0 saturated carbocycles. The fraction of sp³-hybridized carbons (Fsp3) is 0.370. The van der Waals surface area contributed by atoms with E-state index in [0.29, 0.717) is 5.56 Å². The van der Waals surface area contributed by atoms with E-state index in [4.69, 9.17) is 27.9 Å². The highest BCUT2D eigenvalue weighted by Crippen LogP contribution is 2.36. The molecule has 1 aliphatic heterocycles. The van der Waals surface area contributed by atoms with Crippen LogP contribution in [0.2, 0.25) is 10.0 Å². The van der Waals surface area contributed by atoms with Gasteiger partial charge in [0, 0.05) is 29.4 Å². The lowest BCUT2D eigenvalue weighted by Gasteiger charge is -2.35. The number of nitrogens with zero attached hydrogens (tertiary/aromatic N) is 4. The van der Waals surface area contributed by atoms with Crippen LogP contribution in [0.5, 0.6) is 0 Å². The van der Waals surface area contributed by atoms with Gasteiger partial charge in [-0.15, -0.1) is 0 Å². The van der Waals surface area contributed by atoms with E-state index in [2.05, 4.69) is 15.3 Å². The zero-order valence-electron chi connectivity index (χ0n) is 22.5. The lowest BCUT2D eigenvalue weighted by atomic mass is 9.98. The third-order valence-electron chi connectivity index (χ3n) is 6.36. The van der Waals surface area contributed by atoms with Crippen molar-refractivity contribution in [3.63, 3.8) is 0 Å². The third kappa shape index (κ3) is 6.18. The van der Waals surface area contributed by atoms with Crippen molar-refractivity contribution in [1.29, 1.82) is 0 Å². The van der Waals surface area contributed by atoms with Crippen molar-refractivity contribution in [1.82, 2.24) is 19.4 Å². The third-order valence-corrected chi connectivity index (χ3v) is 6.96. The Morgan fingerprint density at radius 1 is 1.17 bits per heavy atom. The van der Waals surface area contributed by atoms with E-state index < -0.39 is 40.2 Å². The molecule has 0 unspecified atom stereocenters. The highest BCUT2D eigenvalue weighted by molar-refractivity contribution is 6.32. The summed E-state index contributed by atoms with van der Waals surface area (Å²) in [7, 11) is 0. The molecule has 0 radical (unpaired) electrons. The summed E-state index contributed by atoms with van der Waals surface area (Å²) in [5.74, 6) is -1.15. The second kappa shape index (κ2) is 11.7. The normalized spacial score (nSPS) is 15.1. The van der Waals surface area contributed by atoms with Crippen molar-refractivity contribution in [3.8, 4) is 5.82 Å². The molecule has 1 amide bonds. The quantitative estimate of drug-likeness (QED) is 0.365. The Kier molecular flexibility index (Phi) is 8.65. The van der Waals surface area contributed by atoms with E-state index in [9.17, 15) is 27.6 Å². The number of pyridine rings is 1. The van der Waals surface area contributed by atoms with Gasteiger partial charge in [0.1, 0.15) is 0 Å². The van der Waals surface area contributed by atoms with Crippen LogP contribution < -0.4 is 10.9 Å². The Morgan fingerprint density at radius 2 is 1.88 bits per heavy atom. The molecule has 0 spiro atoms. The average Bonchev–Trinajstić information content (AvgIpc) is 2.88. The molecule has 1 N–H and O–H groups in total. The van der Waals surface area contributed by atoms with Crippen molar-refractivity contribution in [2.45, 2.75) is 58.9 Å². The number of rotatable bonds is 6. The minimum absolute atomic E-state index is 0.00933. The summed E-state index contributed by atoms with van der Waals surface area (Å²) in [5.41, 5.74) is -1.10. The lowest BCUT2D eigenvalue weighted by Crippen LogP contribution is -2.46. The summed E-state index contributed by atoms with van der Waals surface area (Å²) in [6.45, 7) is 7.04. The number of anilines is 1. The molecule has 0 saturated heterocycles. The summed E-state index contributed by atoms with van der Waals surface area (Å²) in [5, 5.41) is 2.58. The van der Waals surface area contributed by atoms with Crippen LogP contribution in [0.4, 0.5) is 19.1 Å². The van der Waals surface area contributed by atoms with Crippen LogP contribution in [0.3, 0.4) is 0 Å². The van der Waals surface area contributed by atoms with Crippen LogP contribution in [-0.4, -0.2) is 50.0 Å². The van der Waals surface area contributed by atoms with Crippen molar-refractivity contribution >= 4 is 41.0 Å². The van der Waals surface area contributed by atoms with E-state index in [-0.39, 0.29) is 59.2 Å². The first-order valence-electron chi connectivity index (χ1n) is 12.6. The number of benzene rings is 1. The average molecular weight is 612 g/mol. The van der Waals surface area contributed by atoms with E-state index in [1.807, 2.05) is 13.8 Å². The van der Waals surface area contributed by atoms with Gasteiger partial charge >= 0.3 is 12.1 Å². The molecule has 1 atom stereocenters. The first kappa shape index (κ1) is 30.3. The molecular weight excluding hydrogens is 586 g/mol. The molecule has 41 heavy (non-hydrogen) atoms. The number of hydrogen-bond donors (Lipinski definition) is 1. The molecule has 0 aliphatic carbocycles. The molecule has 0 bridgehead atoms. The smallest absolute Gasteiger partial charge is 0.417 e. The Bertz CT molecular complexity index is 1580. The highest BCUT2D eigenvalue weighted by Gasteiger charge is 2.36. The van der Waals surface area contributed by atoms with Gasteiger partial charge in [0.15, 0.2) is 5.82 Å². The standard InChI is InChI=1S/C27H26Cl2F3N5O4/c1-5-41-25(40)16-10-20(29)22(33-11-16)37-24(39)17-8-14(4)36(12-21(17)35-26(37)34-13(2)3)23(38)15-6-7-19(28)18(9-15)27(30,31)32/h6-7,9-11,13-14H,5,8,12H2,1-4H3,(H,34,35)/t14-/m1/s1. The number of amides is 1. The molecule has 1 aliphatic rings. The van der Waals surface area contributed by atoms with Gasteiger partial charge in [0.2, 0.25) is 5.95 Å². The molecule has 3 heterocycles. The molecule has 1 aromatic carbocycles. The Labute approximate surface area is 243 Å². The second-order valence-corrected chi connectivity index (χ2v) is 10.5. The van der Waals surface area contributed by atoms with Crippen LogP contribution in [0.1, 0.15) is 65.2 Å². The molecule has 14 heteroatoms. The molecule has 2 aromatic heterocycles. The first-order chi connectivity index (χ1) is 19.2. The Hall–Kier alpha value is -3.64. The first-order valence-corrected chi connectivity index (χ1v) is 13.4. The fourth-order valence-electron chi connectivity index (χ4n) is 4.44. The highest BCUT2D eigenvalue weighted by atomic mass is 35.5. The van der Waals surface area contributed by atoms with Gasteiger partial charge in [0.05, 0.1) is 40.0 Å². The van der Waals surface area contributed by atoms with Crippen LogP contribution >= 0.6 is 23.2 Å². The maximum Gasteiger partial charge on any atom is 0.417 e. The molecule has 0 fully saturated rings. The molecule has 218 valence electrons. The molecule has 3 aromatic rings. The number of ether oxygens (including phenoxy) is 1. The number of nitrogens with one attached hydrogen (secondary N) is 1.